The summed E-state index contributed by atoms with van der Waals surface area (Å²) in [6.07, 6.45) is 10.00. The van der Waals surface area contributed by atoms with Crippen LogP contribution in [0.2, 0.25) is 0 Å². The Morgan fingerprint density at radius 2 is 1.93 bits per heavy atom. The Balaban J connectivity index is 0.000000168. The van der Waals surface area contributed by atoms with Crippen molar-refractivity contribution in [2.45, 2.75) is 19.3 Å². The lowest BCUT2D eigenvalue weighted by atomic mass is 10.2. The molecule has 0 unspecified atom stereocenters. The van der Waals surface area contributed by atoms with Gasteiger partial charge < -0.3 is 4.98 Å². The molecule has 0 atom stereocenters. The van der Waals surface area contributed by atoms with E-state index in [0.29, 0.717) is 24.3 Å². The van der Waals surface area contributed by atoms with E-state index in [9.17, 15) is 13.2 Å². The third-order valence-corrected chi connectivity index (χ3v) is 5.81. The lowest BCUT2D eigenvalue weighted by Crippen LogP contribution is -2.34. The van der Waals surface area contributed by atoms with E-state index in [-0.39, 0.29) is 5.56 Å². The Labute approximate surface area is 157 Å². The molecule has 0 saturated carbocycles. The van der Waals surface area contributed by atoms with Crippen LogP contribution in [-0.4, -0.2) is 50.2 Å². The van der Waals surface area contributed by atoms with Gasteiger partial charge in [-0.2, -0.15) is 14.5 Å². The number of rotatable bonds is 3. The molecule has 0 amide bonds. The van der Waals surface area contributed by atoms with Gasteiger partial charge in [0.2, 0.25) is 10.0 Å². The number of H-pyrrole nitrogens is 1. The third-order valence-electron chi connectivity index (χ3n) is 4.30. The Morgan fingerprint density at radius 3 is 2.56 bits per heavy atom. The lowest BCUT2D eigenvalue weighted by molar-refractivity contribution is 0.350. The minimum atomic E-state index is -3.12. The van der Waals surface area contributed by atoms with Gasteiger partial charge in [-0.15, -0.1) is 0 Å². The largest absolute Gasteiger partial charge is 0.319 e. The van der Waals surface area contributed by atoms with Crippen molar-refractivity contribution in [3.63, 3.8) is 0 Å². The van der Waals surface area contributed by atoms with Gasteiger partial charge in [-0.3, -0.25) is 9.48 Å². The molecular weight excluding hydrogens is 368 g/mol. The zero-order chi connectivity index (χ0) is 19.4. The molecule has 0 spiro atoms. The summed E-state index contributed by atoms with van der Waals surface area (Å²) < 4.78 is 27.1. The molecule has 9 nitrogen and oxygen atoms in total. The van der Waals surface area contributed by atoms with Gasteiger partial charge in [0.05, 0.1) is 24.3 Å². The molecule has 0 bridgehead atoms. The van der Waals surface area contributed by atoms with Crippen molar-refractivity contribution in [3.05, 3.63) is 53.2 Å². The number of hydrogen-bond donors (Lipinski definition) is 1. The lowest BCUT2D eigenvalue weighted by Gasteiger charge is -2.23. The first-order valence-corrected chi connectivity index (χ1v) is 10.1. The van der Waals surface area contributed by atoms with E-state index >= 15 is 0 Å². The van der Waals surface area contributed by atoms with Gasteiger partial charge >= 0.3 is 0 Å². The average Bonchev–Trinajstić information content (AvgIpc) is 3.32. The summed E-state index contributed by atoms with van der Waals surface area (Å²) in [4.78, 5) is 14.5. The van der Waals surface area contributed by atoms with Gasteiger partial charge in [0, 0.05) is 37.3 Å². The number of aromatic amines is 1. The van der Waals surface area contributed by atoms with Gasteiger partial charge in [0.25, 0.3) is 5.56 Å². The topological polar surface area (TPSA) is 105 Å². The maximum Gasteiger partial charge on any atom is 0.274 e. The Kier molecular flexibility index (Phi) is 5.57. The predicted octanol–water partition coefficient (Wildman–Crippen LogP) is 1.37. The van der Waals surface area contributed by atoms with Crippen molar-refractivity contribution >= 4 is 15.5 Å². The molecular formula is C17H22N6O3S. The monoisotopic (exact) mass is 390 g/mol. The summed E-state index contributed by atoms with van der Waals surface area (Å²) in [6, 6.07) is 1.67. The average molecular weight is 390 g/mol. The second-order valence-electron chi connectivity index (χ2n) is 6.23. The Hall–Kier alpha value is -2.72. The van der Waals surface area contributed by atoms with Crippen molar-refractivity contribution in [3.8, 4) is 11.3 Å². The van der Waals surface area contributed by atoms with Crippen LogP contribution in [0, 0.1) is 0 Å². The Morgan fingerprint density at radius 1 is 1.19 bits per heavy atom. The van der Waals surface area contributed by atoms with Crippen LogP contribution in [0.15, 0.2) is 47.6 Å². The third kappa shape index (κ3) is 4.34. The van der Waals surface area contributed by atoms with Crippen molar-refractivity contribution in [1.82, 2.24) is 28.7 Å². The van der Waals surface area contributed by atoms with E-state index in [1.165, 1.54) is 4.31 Å². The van der Waals surface area contributed by atoms with Crippen LogP contribution >= 0.6 is 0 Å². The maximum atomic E-state index is 11.7. The summed E-state index contributed by atoms with van der Waals surface area (Å²) in [5, 5.41) is 9.12. The fourth-order valence-corrected chi connectivity index (χ4v) is 3.85. The first-order valence-electron chi connectivity index (χ1n) is 8.59. The number of sulfonamides is 1. The van der Waals surface area contributed by atoms with Gasteiger partial charge in [0.1, 0.15) is 5.52 Å². The van der Waals surface area contributed by atoms with Gasteiger partial charge in [-0.05, 0) is 18.9 Å². The number of aryl methyl sites for hydroxylation is 1. The number of nitrogens with zero attached hydrogens (tertiary/aromatic N) is 5. The highest BCUT2D eigenvalue weighted by atomic mass is 32.2. The summed E-state index contributed by atoms with van der Waals surface area (Å²) in [7, 11) is -1.30. The molecule has 3 aromatic heterocycles. The first kappa shape index (κ1) is 19.1. The van der Waals surface area contributed by atoms with E-state index in [1.54, 1.807) is 33.9 Å². The molecule has 4 rings (SSSR count). The van der Waals surface area contributed by atoms with Crippen molar-refractivity contribution in [1.29, 1.82) is 0 Å². The predicted molar refractivity (Wildman–Crippen MR) is 103 cm³/mol. The highest BCUT2D eigenvalue weighted by molar-refractivity contribution is 7.92. The van der Waals surface area contributed by atoms with Crippen molar-refractivity contribution < 1.29 is 8.42 Å². The summed E-state index contributed by atoms with van der Waals surface area (Å²) in [5.41, 5.74) is 1.94. The number of piperidine rings is 1. The molecule has 1 aliphatic heterocycles. The van der Waals surface area contributed by atoms with E-state index in [2.05, 4.69) is 21.8 Å². The van der Waals surface area contributed by atoms with Crippen LogP contribution in [0.3, 0.4) is 0 Å². The van der Waals surface area contributed by atoms with Crippen LogP contribution in [0.25, 0.3) is 16.8 Å². The van der Waals surface area contributed by atoms with Gasteiger partial charge in [0.15, 0.2) is 0 Å². The quantitative estimate of drug-likeness (QED) is 0.727. The minimum absolute atomic E-state index is 0.154. The van der Waals surface area contributed by atoms with Crippen LogP contribution in [0.4, 0.5) is 0 Å². The molecule has 1 aliphatic rings. The number of hydrogen-bond acceptors (Lipinski definition) is 5. The summed E-state index contributed by atoms with van der Waals surface area (Å²) >= 11 is 0. The fourth-order valence-electron chi connectivity index (χ4n) is 2.87. The zero-order valence-corrected chi connectivity index (χ0v) is 15.9. The van der Waals surface area contributed by atoms with E-state index in [4.69, 9.17) is 0 Å². The molecule has 0 aromatic carbocycles. The van der Waals surface area contributed by atoms with Crippen LogP contribution in [0.5, 0.6) is 0 Å². The molecule has 3 aromatic rings. The minimum Gasteiger partial charge on any atom is -0.319 e. The van der Waals surface area contributed by atoms with E-state index in [1.807, 2.05) is 13.2 Å². The molecule has 1 N–H and O–H groups in total. The second kappa shape index (κ2) is 7.89. The standard InChI is InChI=1S/C10H9N5O.C7H13NO2S/c1-14-5-7(4-12-14)8-6-15-9(2-3-11-15)10(16)13-8;1-2-11(9,10)8-6-4-3-5-7-8/h2-6H,1H3,(H,13,16);2H,1,3-7H2. The maximum absolute atomic E-state index is 11.7. The highest BCUT2D eigenvalue weighted by Crippen LogP contribution is 2.14. The van der Waals surface area contributed by atoms with Crippen LogP contribution < -0.4 is 5.56 Å². The molecule has 1 saturated heterocycles. The number of nitrogens with one attached hydrogen (secondary N) is 1. The number of fused-ring (bicyclic) bond motifs is 1. The van der Waals surface area contributed by atoms with E-state index < -0.39 is 10.0 Å². The highest BCUT2D eigenvalue weighted by Gasteiger charge is 2.19. The first-order chi connectivity index (χ1) is 12.9. The molecule has 10 heteroatoms. The van der Waals surface area contributed by atoms with E-state index in [0.717, 1.165) is 30.2 Å². The normalized spacial score (nSPS) is 15.3. The molecule has 0 radical (unpaired) electrons. The SMILES string of the molecule is C=CS(=O)(=O)N1CCCCC1.Cn1cc(-c2cn3nccc3c(=O)[nH]2)cn1. The van der Waals surface area contributed by atoms with Crippen LogP contribution in [0.1, 0.15) is 19.3 Å². The number of aromatic nitrogens is 5. The molecule has 0 aliphatic carbocycles. The van der Waals surface area contributed by atoms with Gasteiger partial charge in [-0.25, -0.2) is 12.9 Å². The second-order valence-corrected chi connectivity index (χ2v) is 8.11. The molecule has 27 heavy (non-hydrogen) atoms. The van der Waals surface area contributed by atoms with Crippen molar-refractivity contribution in [2.75, 3.05) is 13.1 Å². The van der Waals surface area contributed by atoms with Crippen LogP contribution in [-0.2, 0) is 17.1 Å². The Bertz CT molecular complexity index is 1090. The van der Waals surface area contributed by atoms with Gasteiger partial charge in [-0.1, -0.05) is 13.0 Å². The zero-order valence-electron chi connectivity index (χ0n) is 15.1. The molecule has 1 fully saturated rings. The summed E-state index contributed by atoms with van der Waals surface area (Å²) in [6.45, 7) is 4.60. The summed E-state index contributed by atoms with van der Waals surface area (Å²) in [5.74, 6) is 0. The van der Waals surface area contributed by atoms with Crippen molar-refractivity contribution in [2.24, 2.45) is 7.05 Å². The fraction of sp³-hybridized carbons (Fsp3) is 0.353. The molecule has 144 valence electrons. The molecule has 4 heterocycles. The smallest absolute Gasteiger partial charge is 0.274 e.